The van der Waals surface area contributed by atoms with Crippen molar-refractivity contribution in [3.8, 4) is 0 Å². The van der Waals surface area contributed by atoms with Crippen molar-refractivity contribution in [3.05, 3.63) is 11.6 Å². The Hall–Kier alpha value is -0.680. The van der Waals surface area contributed by atoms with Crippen LogP contribution in [0.5, 0.6) is 0 Å². The van der Waals surface area contributed by atoms with Gasteiger partial charge >= 0.3 is 0 Å². The van der Waals surface area contributed by atoms with Gasteiger partial charge in [-0.2, -0.15) is 0 Å². The third-order valence-electron chi connectivity index (χ3n) is 1.45. The summed E-state index contributed by atoms with van der Waals surface area (Å²) in [4.78, 5) is 3.75. The van der Waals surface area contributed by atoms with E-state index in [1.54, 1.807) is 0 Å². The molecule has 0 spiro atoms. The van der Waals surface area contributed by atoms with Gasteiger partial charge in [-0.3, -0.25) is 0 Å². The second-order valence-electron chi connectivity index (χ2n) is 2.89. The van der Waals surface area contributed by atoms with Crippen molar-refractivity contribution < 1.29 is 8.42 Å². The van der Waals surface area contributed by atoms with Gasteiger partial charge < -0.3 is 5.32 Å². The van der Waals surface area contributed by atoms with E-state index < -0.39 is 9.84 Å². The average Bonchev–Trinajstić information content (AvgIpc) is 2.25. The Labute approximate surface area is 72.3 Å². The first-order valence-corrected chi connectivity index (χ1v) is 5.29. The van der Waals surface area contributed by atoms with Crippen LogP contribution in [0.1, 0.15) is 13.8 Å². The van der Waals surface area contributed by atoms with Crippen molar-refractivity contribution in [1.29, 1.82) is 0 Å². The fourth-order valence-corrected chi connectivity index (χ4v) is 1.65. The fourth-order valence-electron chi connectivity index (χ4n) is 0.783. The molecule has 0 saturated carbocycles. The van der Waals surface area contributed by atoms with Crippen LogP contribution in [-0.2, 0) is 9.84 Å². The van der Waals surface area contributed by atoms with Crippen molar-refractivity contribution in [2.75, 3.05) is 6.54 Å². The highest BCUT2D eigenvalue weighted by atomic mass is 32.2. The lowest BCUT2D eigenvalue weighted by molar-refractivity contribution is 0.611. The molecule has 5 heteroatoms. The van der Waals surface area contributed by atoms with E-state index in [1.807, 2.05) is 13.8 Å². The van der Waals surface area contributed by atoms with E-state index in [9.17, 15) is 8.42 Å². The Balaban J connectivity index is 2.57. The molecule has 0 atom stereocenters. The molecule has 68 valence electrons. The Kier molecular flexibility index (Phi) is 2.64. The molecule has 0 aliphatic carbocycles. The van der Waals surface area contributed by atoms with E-state index in [1.165, 1.54) is 6.20 Å². The summed E-state index contributed by atoms with van der Waals surface area (Å²) in [7, 11) is -3.18. The summed E-state index contributed by atoms with van der Waals surface area (Å²) >= 11 is 0. The molecule has 0 radical (unpaired) electrons. The summed E-state index contributed by atoms with van der Waals surface area (Å²) in [5.74, 6) is 0. The lowest BCUT2D eigenvalue weighted by Crippen LogP contribution is -2.31. The third kappa shape index (κ3) is 2.15. The van der Waals surface area contributed by atoms with Crippen LogP contribution in [-0.4, -0.2) is 26.0 Å². The predicted octanol–water partition coefficient (Wildman–Crippen LogP) is 0.283. The summed E-state index contributed by atoms with van der Waals surface area (Å²) in [6.07, 6.45) is 1.31. The van der Waals surface area contributed by atoms with Crippen molar-refractivity contribution in [3.63, 3.8) is 0 Å². The van der Waals surface area contributed by atoms with Gasteiger partial charge in [0, 0.05) is 18.8 Å². The molecule has 0 aromatic carbocycles. The monoisotopic (exact) mass is 188 g/mol. The summed E-state index contributed by atoms with van der Waals surface area (Å²) < 4.78 is 22.2. The first-order valence-electron chi connectivity index (χ1n) is 3.74. The van der Waals surface area contributed by atoms with Crippen LogP contribution in [0.4, 0.5) is 0 Å². The molecule has 4 nitrogen and oxygen atoms in total. The van der Waals surface area contributed by atoms with Gasteiger partial charge in [0.1, 0.15) is 5.04 Å². The van der Waals surface area contributed by atoms with Crippen molar-refractivity contribution >= 4 is 14.9 Å². The van der Waals surface area contributed by atoms with Gasteiger partial charge in [-0.1, -0.05) is 13.8 Å². The number of hydrogen-bond donors (Lipinski definition) is 1. The standard InChI is InChI=1S/C7H12N2O2S/c1-6(2)9-5-7-8-3-4-12(7,10)11/h3-4,6,9H,5H2,1-2H3. The minimum atomic E-state index is -3.18. The molecule has 1 rings (SSSR count). The lowest BCUT2D eigenvalue weighted by atomic mass is 10.4. The largest absolute Gasteiger partial charge is 0.308 e. The molecule has 0 amide bonds. The molecule has 1 aliphatic rings. The smallest absolute Gasteiger partial charge is 0.215 e. The zero-order valence-corrected chi connectivity index (χ0v) is 7.93. The maximum atomic E-state index is 11.1. The summed E-state index contributed by atoms with van der Waals surface area (Å²) in [5.41, 5.74) is 0. The van der Waals surface area contributed by atoms with E-state index in [0.29, 0.717) is 6.54 Å². The lowest BCUT2D eigenvalue weighted by Gasteiger charge is -2.06. The normalized spacial score (nSPS) is 20.1. The van der Waals surface area contributed by atoms with Crippen LogP contribution < -0.4 is 5.32 Å². The molecule has 1 aliphatic heterocycles. The van der Waals surface area contributed by atoms with Gasteiger partial charge in [-0.25, -0.2) is 13.4 Å². The van der Waals surface area contributed by atoms with Crippen LogP contribution >= 0.6 is 0 Å². The maximum absolute atomic E-state index is 11.1. The molecule has 0 fully saturated rings. The number of sulfone groups is 1. The molecular weight excluding hydrogens is 176 g/mol. The third-order valence-corrected chi connectivity index (χ3v) is 2.84. The van der Waals surface area contributed by atoms with E-state index in [2.05, 4.69) is 10.3 Å². The van der Waals surface area contributed by atoms with Gasteiger partial charge in [0.05, 0.1) is 5.41 Å². The first-order chi connectivity index (χ1) is 5.52. The van der Waals surface area contributed by atoms with Crippen molar-refractivity contribution in [2.45, 2.75) is 19.9 Å². The van der Waals surface area contributed by atoms with Crippen molar-refractivity contribution in [2.24, 2.45) is 4.99 Å². The minimum absolute atomic E-state index is 0.205. The van der Waals surface area contributed by atoms with Gasteiger partial charge in [0.2, 0.25) is 9.84 Å². The molecule has 1 N–H and O–H groups in total. The van der Waals surface area contributed by atoms with Crippen LogP contribution in [0.15, 0.2) is 16.6 Å². The minimum Gasteiger partial charge on any atom is -0.308 e. The molecule has 0 saturated heterocycles. The van der Waals surface area contributed by atoms with Gasteiger partial charge in [0.25, 0.3) is 0 Å². The number of nitrogens with one attached hydrogen (secondary N) is 1. The topological polar surface area (TPSA) is 58.5 Å². The zero-order valence-electron chi connectivity index (χ0n) is 7.11. The Morgan fingerprint density at radius 2 is 2.25 bits per heavy atom. The van der Waals surface area contributed by atoms with E-state index in [0.717, 1.165) is 5.41 Å². The van der Waals surface area contributed by atoms with Crippen LogP contribution in [0.2, 0.25) is 0 Å². The van der Waals surface area contributed by atoms with E-state index in [4.69, 9.17) is 0 Å². The number of aliphatic imine (C=N–C) groups is 1. The molecular formula is C7H12N2O2S. The maximum Gasteiger partial charge on any atom is 0.215 e. The summed E-state index contributed by atoms with van der Waals surface area (Å²) in [6.45, 7) is 4.22. The zero-order chi connectivity index (χ0) is 9.19. The van der Waals surface area contributed by atoms with E-state index >= 15 is 0 Å². The second-order valence-corrected chi connectivity index (χ2v) is 4.72. The quantitative estimate of drug-likeness (QED) is 0.692. The highest BCUT2D eigenvalue weighted by Crippen LogP contribution is 2.05. The fraction of sp³-hybridized carbons (Fsp3) is 0.571. The Bertz CT molecular complexity index is 314. The van der Waals surface area contributed by atoms with Crippen LogP contribution in [0.3, 0.4) is 0 Å². The first kappa shape index (κ1) is 9.41. The van der Waals surface area contributed by atoms with Gasteiger partial charge in [-0.15, -0.1) is 0 Å². The van der Waals surface area contributed by atoms with E-state index in [-0.39, 0.29) is 11.1 Å². The molecule has 12 heavy (non-hydrogen) atoms. The summed E-state index contributed by atoms with van der Waals surface area (Å²) in [5, 5.41) is 4.31. The molecule has 0 unspecified atom stereocenters. The molecule has 0 bridgehead atoms. The molecule has 0 aromatic rings. The Morgan fingerprint density at radius 1 is 1.58 bits per heavy atom. The van der Waals surface area contributed by atoms with Gasteiger partial charge in [-0.05, 0) is 0 Å². The molecule has 1 heterocycles. The van der Waals surface area contributed by atoms with Crippen LogP contribution in [0, 0.1) is 0 Å². The summed E-state index contributed by atoms with van der Waals surface area (Å²) in [6, 6.07) is 0.267. The van der Waals surface area contributed by atoms with Crippen molar-refractivity contribution in [1.82, 2.24) is 5.32 Å². The highest BCUT2D eigenvalue weighted by molar-refractivity contribution is 8.09. The number of rotatable bonds is 3. The second kappa shape index (κ2) is 3.37. The van der Waals surface area contributed by atoms with Crippen LogP contribution in [0.25, 0.3) is 0 Å². The SMILES string of the molecule is CC(C)NCC1=NC=CS1(=O)=O. The average molecular weight is 188 g/mol. The highest BCUT2D eigenvalue weighted by Gasteiger charge is 2.19. The Morgan fingerprint density at radius 3 is 2.67 bits per heavy atom. The number of nitrogens with zero attached hydrogens (tertiary/aromatic N) is 1. The predicted molar refractivity (Wildman–Crippen MR) is 48.6 cm³/mol. The van der Waals surface area contributed by atoms with Gasteiger partial charge in [0.15, 0.2) is 0 Å². The molecule has 0 aromatic heterocycles. The number of hydrogen-bond acceptors (Lipinski definition) is 4.